The van der Waals surface area contributed by atoms with Gasteiger partial charge in [0.1, 0.15) is 0 Å². The molecule has 0 amide bonds. The van der Waals surface area contributed by atoms with Gasteiger partial charge in [-0.05, 0) is 47.2 Å². The first kappa shape index (κ1) is 16.2. The van der Waals surface area contributed by atoms with Gasteiger partial charge in [0.15, 0.2) is 0 Å². The molecule has 118 valence electrons. The Labute approximate surface area is 124 Å². The van der Waals surface area contributed by atoms with E-state index in [1.165, 1.54) is 12.8 Å². The zero-order valence-corrected chi connectivity index (χ0v) is 13.8. The van der Waals surface area contributed by atoms with Crippen LogP contribution in [0.3, 0.4) is 0 Å². The molecule has 5 unspecified atom stereocenters. The van der Waals surface area contributed by atoms with Gasteiger partial charge in [-0.2, -0.15) is 0 Å². The van der Waals surface area contributed by atoms with E-state index in [1.807, 2.05) is 0 Å². The number of hydrogen-bond donors (Lipinski definition) is 0. The molecule has 2 saturated heterocycles. The molecular weight excluding hydrogens is 252 g/mol. The lowest BCUT2D eigenvalue weighted by Gasteiger charge is -2.44. The normalized spacial score (nSPS) is 41.0. The highest BCUT2D eigenvalue weighted by molar-refractivity contribution is 4.87. The average Bonchev–Trinajstić information content (AvgIpc) is 2.41. The first-order valence-corrected chi connectivity index (χ1v) is 8.20. The lowest BCUT2D eigenvalue weighted by Crippen LogP contribution is -2.54. The van der Waals surface area contributed by atoms with Crippen molar-refractivity contribution >= 4 is 0 Å². The van der Waals surface area contributed by atoms with Crippen molar-refractivity contribution in [1.82, 2.24) is 9.80 Å². The van der Waals surface area contributed by atoms with E-state index in [2.05, 4.69) is 44.7 Å². The second-order valence-corrected chi connectivity index (χ2v) is 6.53. The second kappa shape index (κ2) is 7.21. The molecule has 0 radical (unpaired) electrons. The summed E-state index contributed by atoms with van der Waals surface area (Å²) in [5.41, 5.74) is 0. The predicted molar refractivity (Wildman–Crippen MR) is 82.1 cm³/mol. The fourth-order valence-electron chi connectivity index (χ4n) is 3.84. The third-order valence-corrected chi connectivity index (χ3v) is 5.34. The third kappa shape index (κ3) is 3.53. The summed E-state index contributed by atoms with van der Waals surface area (Å²) < 4.78 is 11.8. The maximum absolute atomic E-state index is 5.97. The molecule has 0 N–H and O–H groups in total. The molecule has 4 heteroatoms. The number of nitrogens with zero attached hydrogens (tertiary/aromatic N) is 2. The van der Waals surface area contributed by atoms with Crippen LogP contribution in [0.2, 0.25) is 0 Å². The summed E-state index contributed by atoms with van der Waals surface area (Å²) in [6, 6.07) is 1.67. The van der Waals surface area contributed by atoms with E-state index in [0.29, 0.717) is 30.3 Å². The fourth-order valence-corrected chi connectivity index (χ4v) is 3.84. The minimum absolute atomic E-state index is 0.351. The van der Waals surface area contributed by atoms with Crippen molar-refractivity contribution in [3.05, 3.63) is 0 Å². The molecule has 0 aliphatic carbocycles. The van der Waals surface area contributed by atoms with Crippen molar-refractivity contribution < 1.29 is 9.47 Å². The van der Waals surface area contributed by atoms with Crippen molar-refractivity contribution in [3.63, 3.8) is 0 Å². The molecule has 2 heterocycles. The Morgan fingerprint density at radius 3 is 2.35 bits per heavy atom. The molecule has 0 aromatic heterocycles. The van der Waals surface area contributed by atoms with E-state index in [9.17, 15) is 0 Å². The van der Waals surface area contributed by atoms with Gasteiger partial charge in [0, 0.05) is 24.7 Å². The van der Waals surface area contributed by atoms with Crippen LogP contribution in [0.5, 0.6) is 0 Å². The van der Waals surface area contributed by atoms with Gasteiger partial charge in [0.25, 0.3) is 0 Å². The van der Waals surface area contributed by atoms with Crippen LogP contribution in [-0.2, 0) is 9.47 Å². The Balaban J connectivity index is 1.86. The van der Waals surface area contributed by atoms with Crippen LogP contribution in [0, 0.1) is 0 Å². The number of morpholine rings is 2. The Morgan fingerprint density at radius 1 is 1.00 bits per heavy atom. The van der Waals surface area contributed by atoms with E-state index < -0.39 is 0 Å². The van der Waals surface area contributed by atoms with Gasteiger partial charge in [-0.3, -0.25) is 9.80 Å². The lowest BCUT2D eigenvalue weighted by molar-refractivity contribution is -0.0950. The van der Waals surface area contributed by atoms with Gasteiger partial charge in [0.2, 0.25) is 0 Å². The summed E-state index contributed by atoms with van der Waals surface area (Å²) in [6.45, 7) is 9.47. The van der Waals surface area contributed by atoms with E-state index in [4.69, 9.17) is 9.47 Å². The van der Waals surface area contributed by atoms with E-state index in [1.54, 1.807) is 0 Å². The van der Waals surface area contributed by atoms with Gasteiger partial charge >= 0.3 is 0 Å². The summed E-state index contributed by atoms with van der Waals surface area (Å²) in [7, 11) is 4.49. The zero-order valence-electron chi connectivity index (χ0n) is 13.8. The van der Waals surface area contributed by atoms with Crippen molar-refractivity contribution in [2.45, 2.75) is 70.4 Å². The van der Waals surface area contributed by atoms with Crippen molar-refractivity contribution in [2.75, 3.05) is 33.9 Å². The van der Waals surface area contributed by atoms with Gasteiger partial charge in [-0.15, -0.1) is 0 Å². The van der Waals surface area contributed by atoms with E-state index >= 15 is 0 Å². The summed E-state index contributed by atoms with van der Waals surface area (Å²) in [5.74, 6) is 0. The molecule has 2 fully saturated rings. The van der Waals surface area contributed by atoms with Crippen LogP contribution >= 0.6 is 0 Å². The topological polar surface area (TPSA) is 24.9 Å². The van der Waals surface area contributed by atoms with Gasteiger partial charge in [-0.25, -0.2) is 0 Å². The lowest BCUT2D eigenvalue weighted by atomic mass is 9.96. The molecule has 20 heavy (non-hydrogen) atoms. The summed E-state index contributed by atoms with van der Waals surface area (Å²) >= 11 is 0. The molecule has 2 aliphatic heterocycles. The molecule has 4 nitrogen and oxygen atoms in total. The van der Waals surface area contributed by atoms with Crippen LogP contribution in [0.1, 0.15) is 40.0 Å². The van der Waals surface area contributed by atoms with E-state index in [-0.39, 0.29) is 0 Å². The molecule has 5 atom stereocenters. The number of rotatable bonds is 4. The highest BCUT2D eigenvalue weighted by atomic mass is 16.5. The van der Waals surface area contributed by atoms with Crippen LogP contribution in [0.4, 0.5) is 0 Å². The van der Waals surface area contributed by atoms with E-state index in [0.717, 1.165) is 26.2 Å². The molecule has 0 bridgehead atoms. The minimum atomic E-state index is 0.351. The van der Waals surface area contributed by atoms with Gasteiger partial charge in [0.05, 0.1) is 25.4 Å². The maximum Gasteiger partial charge on any atom is 0.0702 e. The highest BCUT2D eigenvalue weighted by Gasteiger charge is 2.34. The monoisotopic (exact) mass is 284 g/mol. The Hall–Kier alpha value is -0.160. The standard InChI is InChI=1S/C16H32N2O2/c1-6-15-12(2)20-11-14(18(15)5)7-8-16-13(3)19-10-9-17(16)4/h12-16H,6-11H2,1-5H3. The van der Waals surface area contributed by atoms with Crippen LogP contribution in [0.15, 0.2) is 0 Å². The van der Waals surface area contributed by atoms with Crippen LogP contribution in [0.25, 0.3) is 0 Å². The quantitative estimate of drug-likeness (QED) is 0.788. The van der Waals surface area contributed by atoms with Crippen LogP contribution in [-0.4, -0.2) is 74.0 Å². The minimum Gasteiger partial charge on any atom is -0.376 e. The molecule has 0 aromatic rings. The molecule has 0 aromatic carbocycles. The second-order valence-electron chi connectivity index (χ2n) is 6.53. The van der Waals surface area contributed by atoms with Gasteiger partial charge in [-0.1, -0.05) is 6.92 Å². The number of hydrogen-bond acceptors (Lipinski definition) is 4. The number of ether oxygens (including phenoxy) is 2. The maximum atomic E-state index is 5.97. The zero-order chi connectivity index (χ0) is 14.7. The molecular formula is C16H32N2O2. The number of likely N-dealkylation sites (N-methyl/N-ethyl adjacent to an activating group) is 2. The Kier molecular flexibility index (Phi) is 5.84. The fraction of sp³-hybridized carbons (Fsp3) is 1.00. The van der Waals surface area contributed by atoms with Crippen molar-refractivity contribution in [2.24, 2.45) is 0 Å². The largest absolute Gasteiger partial charge is 0.376 e. The predicted octanol–water partition coefficient (Wildman–Crippen LogP) is 1.98. The summed E-state index contributed by atoms with van der Waals surface area (Å²) in [6.07, 6.45) is 4.27. The summed E-state index contributed by atoms with van der Waals surface area (Å²) in [4.78, 5) is 5.00. The average molecular weight is 284 g/mol. The Bertz CT molecular complexity index is 290. The van der Waals surface area contributed by atoms with Crippen molar-refractivity contribution in [1.29, 1.82) is 0 Å². The molecule has 0 saturated carbocycles. The smallest absolute Gasteiger partial charge is 0.0702 e. The molecule has 2 aliphatic rings. The molecule has 0 spiro atoms. The Morgan fingerprint density at radius 2 is 1.70 bits per heavy atom. The van der Waals surface area contributed by atoms with Gasteiger partial charge < -0.3 is 9.47 Å². The first-order chi connectivity index (χ1) is 9.54. The SMILES string of the molecule is CCC1C(C)OCC(CCC2C(C)OCCN2C)N1C. The van der Waals surface area contributed by atoms with Crippen LogP contribution < -0.4 is 0 Å². The highest BCUT2D eigenvalue weighted by Crippen LogP contribution is 2.25. The first-order valence-electron chi connectivity index (χ1n) is 8.20. The molecule has 2 rings (SSSR count). The summed E-state index contributed by atoms with van der Waals surface area (Å²) in [5, 5.41) is 0. The van der Waals surface area contributed by atoms with Crippen molar-refractivity contribution in [3.8, 4) is 0 Å². The third-order valence-electron chi connectivity index (χ3n) is 5.34.